The van der Waals surface area contributed by atoms with Crippen LogP contribution in [0.2, 0.25) is 0 Å². The van der Waals surface area contributed by atoms with E-state index >= 15 is 0 Å². The molecular formula is C20H17N3O5. The average Bonchev–Trinajstić information content (AvgIpc) is 2.75. The zero-order valence-electron chi connectivity index (χ0n) is 14.8. The van der Waals surface area contributed by atoms with Crippen LogP contribution in [-0.2, 0) is 14.2 Å². The van der Waals surface area contributed by atoms with Gasteiger partial charge in [-0.25, -0.2) is 9.59 Å². The van der Waals surface area contributed by atoms with E-state index in [0.29, 0.717) is 11.1 Å². The first kappa shape index (κ1) is 19.0. The molecule has 0 amide bonds. The summed E-state index contributed by atoms with van der Waals surface area (Å²) < 4.78 is 16.1. The number of nitrogens with zero attached hydrogens (tertiary/aromatic N) is 3. The van der Waals surface area contributed by atoms with Crippen LogP contribution in [0, 0.1) is 0 Å². The Morgan fingerprint density at radius 3 is 2.21 bits per heavy atom. The average molecular weight is 379 g/mol. The van der Waals surface area contributed by atoms with Crippen LogP contribution in [0.4, 0.5) is 0 Å². The van der Waals surface area contributed by atoms with Gasteiger partial charge < -0.3 is 14.2 Å². The molecule has 0 aromatic heterocycles. The highest BCUT2D eigenvalue weighted by atomic mass is 16.6. The van der Waals surface area contributed by atoms with Crippen molar-refractivity contribution >= 4 is 11.9 Å². The predicted octanol–water partition coefficient (Wildman–Crippen LogP) is 3.66. The molecule has 3 atom stereocenters. The lowest BCUT2D eigenvalue weighted by atomic mass is 10.0. The zero-order valence-corrected chi connectivity index (χ0v) is 14.8. The van der Waals surface area contributed by atoms with E-state index in [-0.39, 0.29) is 6.61 Å². The summed E-state index contributed by atoms with van der Waals surface area (Å²) in [5, 5.41) is 3.68. The Hall–Kier alpha value is -3.77. The number of esters is 2. The number of ether oxygens (including phenoxy) is 3. The summed E-state index contributed by atoms with van der Waals surface area (Å²) in [7, 11) is 0. The Kier molecular flexibility index (Phi) is 6.28. The lowest BCUT2D eigenvalue weighted by Gasteiger charge is -2.31. The van der Waals surface area contributed by atoms with Gasteiger partial charge in [-0.3, -0.25) is 0 Å². The molecule has 0 N–H and O–H groups in total. The lowest BCUT2D eigenvalue weighted by Crippen LogP contribution is -2.43. The molecule has 142 valence electrons. The maximum absolute atomic E-state index is 12.3. The van der Waals surface area contributed by atoms with Crippen LogP contribution in [-0.4, -0.2) is 36.8 Å². The lowest BCUT2D eigenvalue weighted by molar-refractivity contribution is -0.0224. The highest BCUT2D eigenvalue weighted by Gasteiger charge is 2.35. The molecule has 0 aliphatic carbocycles. The molecule has 28 heavy (non-hydrogen) atoms. The molecule has 2 aromatic rings. The first-order chi connectivity index (χ1) is 13.7. The molecule has 0 saturated heterocycles. The van der Waals surface area contributed by atoms with Crippen LogP contribution in [0.15, 0.2) is 78.1 Å². The standard InChI is InChI=1S/C20H17N3O5/c21-23-22-18-16(28-20(25)15-9-5-2-6-10-15)11-12-26-17(18)13-27-19(24)14-7-3-1-4-8-14/h1-12,16-18H,13H2/t16-,17-,18+/m1/s1. The molecule has 0 bridgehead atoms. The Bertz CT molecular complexity index is 895. The maximum Gasteiger partial charge on any atom is 0.338 e. The number of hydrogen-bond donors (Lipinski definition) is 0. The summed E-state index contributed by atoms with van der Waals surface area (Å²) in [6.07, 6.45) is 1.18. The molecule has 8 nitrogen and oxygen atoms in total. The van der Waals surface area contributed by atoms with Crippen molar-refractivity contribution in [2.45, 2.75) is 18.2 Å². The van der Waals surface area contributed by atoms with E-state index in [1.807, 2.05) is 0 Å². The maximum atomic E-state index is 12.3. The third-order valence-corrected chi connectivity index (χ3v) is 4.06. The fourth-order valence-corrected chi connectivity index (χ4v) is 2.66. The van der Waals surface area contributed by atoms with Gasteiger partial charge in [-0.2, -0.15) is 0 Å². The summed E-state index contributed by atoms with van der Waals surface area (Å²) in [5.74, 6) is -1.09. The van der Waals surface area contributed by atoms with Crippen LogP contribution in [0.1, 0.15) is 20.7 Å². The van der Waals surface area contributed by atoms with Gasteiger partial charge in [0.2, 0.25) is 0 Å². The highest BCUT2D eigenvalue weighted by Crippen LogP contribution is 2.21. The second-order valence-corrected chi connectivity index (χ2v) is 5.90. The van der Waals surface area contributed by atoms with Crippen molar-refractivity contribution in [1.29, 1.82) is 0 Å². The van der Waals surface area contributed by atoms with Gasteiger partial charge in [-0.15, -0.1) is 0 Å². The van der Waals surface area contributed by atoms with Gasteiger partial charge in [0.1, 0.15) is 24.9 Å². The van der Waals surface area contributed by atoms with Gasteiger partial charge in [0.25, 0.3) is 0 Å². The summed E-state index contributed by atoms with van der Waals surface area (Å²) >= 11 is 0. The van der Waals surface area contributed by atoms with Gasteiger partial charge in [0.15, 0.2) is 0 Å². The number of carbonyl (C=O) groups is 2. The molecule has 0 spiro atoms. The van der Waals surface area contributed by atoms with Crippen LogP contribution in [0.5, 0.6) is 0 Å². The summed E-state index contributed by atoms with van der Waals surface area (Å²) in [4.78, 5) is 27.2. The highest BCUT2D eigenvalue weighted by molar-refractivity contribution is 5.90. The third-order valence-electron chi connectivity index (χ3n) is 4.06. The van der Waals surface area contributed by atoms with E-state index in [0.717, 1.165) is 0 Å². The summed E-state index contributed by atoms with van der Waals surface area (Å²) in [6.45, 7) is -0.166. The summed E-state index contributed by atoms with van der Waals surface area (Å²) in [5.41, 5.74) is 9.65. The van der Waals surface area contributed by atoms with Crippen molar-refractivity contribution in [2.75, 3.05) is 6.61 Å². The van der Waals surface area contributed by atoms with E-state index in [4.69, 9.17) is 19.7 Å². The van der Waals surface area contributed by atoms with Gasteiger partial charge in [0, 0.05) is 4.91 Å². The molecule has 0 radical (unpaired) electrons. The molecule has 1 heterocycles. The fourth-order valence-electron chi connectivity index (χ4n) is 2.66. The van der Waals surface area contributed by atoms with E-state index in [2.05, 4.69) is 10.0 Å². The minimum absolute atomic E-state index is 0.166. The first-order valence-corrected chi connectivity index (χ1v) is 8.53. The van der Waals surface area contributed by atoms with E-state index < -0.39 is 30.2 Å². The fraction of sp³-hybridized carbons (Fsp3) is 0.200. The molecule has 0 saturated carbocycles. The second-order valence-electron chi connectivity index (χ2n) is 5.90. The normalized spacial score (nSPS) is 20.4. The summed E-state index contributed by atoms with van der Waals surface area (Å²) in [6, 6.07) is 16.0. The molecule has 0 fully saturated rings. The van der Waals surface area contributed by atoms with E-state index in [1.165, 1.54) is 12.3 Å². The largest absolute Gasteiger partial charge is 0.494 e. The van der Waals surface area contributed by atoms with Gasteiger partial charge >= 0.3 is 11.9 Å². The zero-order chi connectivity index (χ0) is 19.8. The Balaban J connectivity index is 1.67. The first-order valence-electron chi connectivity index (χ1n) is 8.53. The van der Waals surface area contributed by atoms with Crippen molar-refractivity contribution in [2.24, 2.45) is 5.11 Å². The molecule has 1 aliphatic heterocycles. The Morgan fingerprint density at radius 1 is 1.00 bits per heavy atom. The molecule has 8 heteroatoms. The molecular weight excluding hydrogens is 362 g/mol. The topological polar surface area (TPSA) is 111 Å². The molecule has 2 aromatic carbocycles. The Labute approximate surface area is 161 Å². The number of rotatable bonds is 6. The number of hydrogen-bond acceptors (Lipinski definition) is 6. The second kappa shape index (κ2) is 9.25. The monoisotopic (exact) mass is 379 g/mol. The van der Waals surface area contributed by atoms with Crippen molar-refractivity contribution in [1.82, 2.24) is 0 Å². The number of azide groups is 1. The smallest absolute Gasteiger partial charge is 0.338 e. The Morgan fingerprint density at radius 2 is 1.61 bits per heavy atom. The molecule has 3 rings (SSSR count). The van der Waals surface area contributed by atoms with E-state index in [1.54, 1.807) is 60.7 Å². The van der Waals surface area contributed by atoms with Gasteiger partial charge in [-0.05, 0) is 35.9 Å². The van der Waals surface area contributed by atoms with Crippen LogP contribution in [0.3, 0.4) is 0 Å². The van der Waals surface area contributed by atoms with Crippen molar-refractivity contribution in [3.8, 4) is 0 Å². The van der Waals surface area contributed by atoms with Gasteiger partial charge in [-0.1, -0.05) is 41.5 Å². The van der Waals surface area contributed by atoms with Crippen molar-refractivity contribution in [3.05, 3.63) is 94.6 Å². The quantitative estimate of drug-likeness (QED) is 0.329. The van der Waals surface area contributed by atoms with Crippen LogP contribution < -0.4 is 0 Å². The van der Waals surface area contributed by atoms with E-state index in [9.17, 15) is 9.59 Å². The van der Waals surface area contributed by atoms with Crippen LogP contribution >= 0.6 is 0 Å². The molecule has 1 aliphatic rings. The third kappa shape index (κ3) is 4.69. The van der Waals surface area contributed by atoms with Crippen LogP contribution in [0.25, 0.3) is 10.4 Å². The number of carbonyl (C=O) groups excluding carboxylic acids is 2. The number of benzene rings is 2. The molecule has 0 unspecified atom stereocenters. The van der Waals surface area contributed by atoms with Gasteiger partial charge in [0.05, 0.1) is 17.4 Å². The predicted molar refractivity (Wildman–Crippen MR) is 99.3 cm³/mol. The van der Waals surface area contributed by atoms with Crippen molar-refractivity contribution in [3.63, 3.8) is 0 Å². The van der Waals surface area contributed by atoms with Crippen molar-refractivity contribution < 1.29 is 23.8 Å². The minimum Gasteiger partial charge on any atom is -0.494 e. The minimum atomic E-state index is -0.883. The SMILES string of the molecule is [N-]=[N+]=N[C@H]1[C@H](OC(=O)c2ccccc2)C=CO[C@@H]1COC(=O)c1ccccc1.